The molecule has 0 amide bonds. The standard InChI is InChI=1S/C12H17ClN2.ClH/c1-9-8-14-6-7-15(9)12-5-3-4-11(13)10(12)2;/h3-5,9,14H,6-8H2,1-2H3;1H/t9-;/m0./s1. The fourth-order valence-electron chi connectivity index (χ4n) is 2.11. The fraction of sp³-hybridized carbons (Fsp3) is 0.500. The average Bonchev–Trinajstić information content (AvgIpc) is 2.23. The number of halogens is 2. The van der Waals surface area contributed by atoms with Crippen molar-refractivity contribution in [3.63, 3.8) is 0 Å². The Balaban J connectivity index is 0.00000128. The molecule has 1 fully saturated rings. The van der Waals surface area contributed by atoms with Gasteiger partial charge in [-0.15, -0.1) is 12.4 Å². The van der Waals surface area contributed by atoms with E-state index in [2.05, 4.69) is 30.1 Å². The Morgan fingerprint density at radius 2 is 2.19 bits per heavy atom. The highest BCUT2D eigenvalue weighted by molar-refractivity contribution is 6.31. The lowest BCUT2D eigenvalue weighted by Gasteiger charge is -2.37. The molecule has 1 aliphatic rings. The molecule has 0 radical (unpaired) electrons. The van der Waals surface area contributed by atoms with Gasteiger partial charge in [-0.05, 0) is 31.5 Å². The summed E-state index contributed by atoms with van der Waals surface area (Å²) < 4.78 is 0. The Kier molecular flexibility index (Phi) is 4.90. The van der Waals surface area contributed by atoms with Crippen molar-refractivity contribution in [2.45, 2.75) is 19.9 Å². The Morgan fingerprint density at radius 1 is 1.44 bits per heavy atom. The monoisotopic (exact) mass is 260 g/mol. The maximum atomic E-state index is 6.14. The van der Waals surface area contributed by atoms with Crippen LogP contribution < -0.4 is 10.2 Å². The Morgan fingerprint density at radius 3 is 2.88 bits per heavy atom. The van der Waals surface area contributed by atoms with Crippen molar-refractivity contribution < 1.29 is 0 Å². The molecule has 1 N–H and O–H groups in total. The molecule has 0 bridgehead atoms. The summed E-state index contributed by atoms with van der Waals surface area (Å²) in [7, 11) is 0. The van der Waals surface area contributed by atoms with Crippen LogP contribution in [-0.2, 0) is 0 Å². The Labute approximate surface area is 108 Å². The summed E-state index contributed by atoms with van der Waals surface area (Å²) in [5.41, 5.74) is 2.46. The molecule has 1 aromatic rings. The van der Waals surface area contributed by atoms with Gasteiger partial charge in [0, 0.05) is 36.4 Å². The van der Waals surface area contributed by atoms with E-state index in [0.717, 1.165) is 24.7 Å². The zero-order chi connectivity index (χ0) is 10.8. The number of benzene rings is 1. The number of hydrogen-bond acceptors (Lipinski definition) is 2. The first-order chi connectivity index (χ1) is 7.20. The Hall–Kier alpha value is -0.440. The van der Waals surface area contributed by atoms with Crippen LogP contribution in [0.3, 0.4) is 0 Å². The van der Waals surface area contributed by atoms with Crippen LogP contribution in [0.5, 0.6) is 0 Å². The second-order valence-corrected chi connectivity index (χ2v) is 4.54. The maximum absolute atomic E-state index is 6.14. The van der Waals surface area contributed by atoms with Crippen LogP contribution in [0, 0.1) is 6.92 Å². The van der Waals surface area contributed by atoms with Gasteiger partial charge >= 0.3 is 0 Å². The molecule has 1 heterocycles. The van der Waals surface area contributed by atoms with E-state index in [-0.39, 0.29) is 12.4 Å². The smallest absolute Gasteiger partial charge is 0.0455 e. The van der Waals surface area contributed by atoms with E-state index in [1.165, 1.54) is 11.3 Å². The minimum atomic E-state index is 0. The lowest BCUT2D eigenvalue weighted by molar-refractivity contribution is 0.500. The van der Waals surface area contributed by atoms with E-state index in [0.29, 0.717) is 6.04 Å². The number of hydrogen-bond donors (Lipinski definition) is 1. The van der Waals surface area contributed by atoms with Gasteiger partial charge in [-0.1, -0.05) is 17.7 Å². The van der Waals surface area contributed by atoms with Gasteiger partial charge in [-0.2, -0.15) is 0 Å². The van der Waals surface area contributed by atoms with Crippen molar-refractivity contribution in [3.05, 3.63) is 28.8 Å². The zero-order valence-electron chi connectivity index (χ0n) is 9.66. The molecule has 0 spiro atoms. The molecular formula is C12H18Cl2N2. The molecule has 4 heteroatoms. The van der Waals surface area contributed by atoms with Crippen molar-refractivity contribution in [3.8, 4) is 0 Å². The second-order valence-electron chi connectivity index (χ2n) is 4.13. The van der Waals surface area contributed by atoms with Crippen molar-refractivity contribution >= 4 is 29.7 Å². The third-order valence-corrected chi connectivity index (χ3v) is 3.46. The van der Waals surface area contributed by atoms with E-state index < -0.39 is 0 Å². The highest BCUT2D eigenvalue weighted by atomic mass is 35.5. The molecule has 1 saturated heterocycles. The topological polar surface area (TPSA) is 15.3 Å². The van der Waals surface area contributed by atoms with E-state index in [9.17, 15) is 0 Å². The summed E-state index contributed by atoms with van der Waals surface area (Å²) in [6.07, 6.45) is 0. The molecule has 16 heavy (non-hydrogen) atoms. The number of piperazine rings is 1. The lowest BCUT2D eigenvalue weighted by atomic mass is 10.1. The summed E-state index contributed by atoms with van der Waals surface area (Å²) >= 11 is 6.14. The molecular weight excluding hydrogens is 243 g/mol. The van der Waals surface area contributed by atoms with E-state index >= 15 is 0 Å². The average molecular weight is 261 g/mol. The van der Waals surface area contributed by atoms with Crippen molar-refractivity contribution in [2.24, 2.45) is 0 Å². The van der Waals surface area contributed by atoms with E-state index in [1.807, 2.05) is 12.1 Å². The minimum absolute atomic E-state index is 0. The van der Waals surface area contributed by atoms with Gasteiger partial charge in [0.05, 0.1) is 0 Å². The molecule has 0 unspecified atom stereocenters. The fourth-order valence-corrected chi connectivity index (χ4v) is 2.28. The van der Waals surface area contributed by atoms with Gasteiger partial charge in [-0.25, -0.2) is 0 Å². The molecule has 90 valence electrons. The van der Waals surface area contributed by atoms with Gasteiger partial charge in [0.2, 0.25) is 0 Å². The summed E-state index contributed by atoms with van der Waals surface area (Å²) in [6, 6.07) is 6.67. The minimum Gasteiger partial charge on any atom is -0.366 e. The normalized spacial score (nSPS) is 20.4. The predicted molar refractivity (Wildman–Crippen MR) is 73.1 cm³/mol. The SMILES string of the molecule is Cc1c(Cl)cccc1N1CCNC[C@@H]1C.Cl. The first-order valence-corrected chi connectivity index (χ1v) is 5.80. The zero-order valence-corrected chi connectivity index (χ0v) is 11.2. The molecule has 2 rings (SSSR count). The third-order valence-electron chi connectivity index (χ3n) is 3.05. The molecule has 0 saturated carbocycles. The summed E-state index contributed by atoms with van der Waals surface area (Å²) in [4.78, 5) is 2.43. The predicted octanol–water partition coefficient (Wildman–Crippen LogP) is 2.87. The summed E-state index contributed by atoms with van der Waals surface area (Å²) in [5, 5.41) is 4.25. The molecule has 2 nitrogen and oxygen atoms in total. The molecule has 1 aliphatic heterocycles. The van der Waals surface area contributed by atoms with Gasteiger partial charge in [0.15, 0.2) is 0 Å². The Bertz CT molecular complexity index is 355. The summed E-state index contributed by atoms with van der Waals surface area (Å²) in [6.45, 7) is 7.49. The highest BCUT2D eigenvalue weighted by Crippen LogP contribution is 2.28. The second kappa shape index (κ2) is 5.76. The van der Waals surface area contributed by atoms with E-state index in [4.69, 9.17) is 11.6 Å². The molecule has 1 atom stereocenters. The quantitative estimate of drug-likeness (QED) is 0.836. The van der Waals surface area contributed by atoms with Crippen molar-refractivity contribution in [1.29, 1.82) is 0 Å². The van der Waals surface area contributed by atoms with Crippen molar-refractivity contribution in [1.82, 2.24) is 5.32 Å². The van der Waals surface area contributed by atoms with Crippen LogP contribution >= 0.6 is 24.0 Å². The van der Waals surface area contributed by atoms with Gasteiger partial charge in [-0.3, -0.25) is 0 Å². The number of anilines is 1. The third kappa shape index (κ3) is 2.62. The van der Waals surface area contributed by atoms with Crippen LogP contribution in [0.2, 0.25) is 5.02 Å². The van der Waals surface area contributed by atoms with Crippen molar-refractivity contribution in [2.75, 3.05) is 24.5 Å². The van der Waals surface area contributed by atoms with Gasteiger partial charge in [0.1, 0.15) is 0 Å². The van der Waals surface area contributed by atoms with Crippen LogP contribution in [0.15, 0.2) is 18.2 Å². The van der Waals surface area contributed by atoms with Crippen LogP contribution in [0.4, 0.5) is 5.69 Å². The first-order valence-electron chi connectivity index (χ1n) is 5.42. The molecule has 0 aromatic heterocycles. The number of nitrogens with one attached hydrogen (secondary N) is 1. The highest BCUT2D eigenvalue weighted by Gasteiger charge is 2.19. The molecule has 0 aliphatic carbocycles. The number of rotatable bonds is 1. The molecule has 1 aromatic carbocycles. The van der Waals surface area contributed by atoms with Crippen LogP contribution in [0.25, 0.3) is 0 Å². The van der Waals surface area contributed by atoms with Gasteiger partial charge in [0.25, 0.3) is 0 Å². The maximum Gasteiger partial charge on any atom is 0.0455 e. The first kappa shape index (κ1) is 13.6. The van der Waals surface area contributed by atoms with Crippen LogP contribution in [-0.4, -0.2) is 25.7 Å². The largest absolute Gasteiger partial charge is 0.366 e. The lowest BCUT2D eigenvalue weighted by Crippen LogP contribution is -2.50. The van der Waals surface area contributed by atoms with Gasteiger partial charge < -0.3 is 10.2 Å². The van der Waals surface area contributed by atoms with E-state index in [1.54, 1.807) is 0 Å². The van der Waals surface area contributed by atoms with Crippen LogP contribution in [0.1, 0.15) is 12.5 Å². The summed E-state index contributed by atoms with van der Waals surface area (Å²) in [5.74, 6) is 0. The number of nitrogens with zero attached hydrogens (tertiary/aromatic N) is 1.